The van der Waals surface area contributed by atoms with Crippen molar-refractivity contribution in [1.82, 2.24) is 0 Å². The van der Waals surface area contributed by atoms with E-state index in [0.717, 1.165) is 30.6 Å². The number of nitrogens with zero attached hydrogens (tertiary/aromatic N) is 2. The van der Waals surface area contributed by atoms with Gasteiger partial charge in [-0.3, -0.25) is 9.98 Å². The standard InChI is InChI=1S/C17H14N2.2C2H6/c1-3-7-16-12(5-1)9-14(18-16)11-15-10-13-6-2-4-8-17(13)19-15;2*1-2/h1-8H,9-11H2;2*1-2H3. The SMILES string of the molecule is CC.CC.c1ccc2c(c1)CC(CC1=Nc3ccccc3C1)=N2. The van der Waals surface area contributed by atoms with Gasteiger partial charge in [-0.05, 0) is 23.3 Å². The molecule has 0 radical (unpaired) electrons. The number of fused-ring (bicyclic) bond motifs is 2. The number of hydrogen-bond donors (Lipinski definition) is 0. The highest BCUT2D eigenvalue weighted by Gasteiger charge is 2.19. The smallest absolute Gasteiger partial charge is 0.0665 e. The van der Waals surface area contributed by atoms with E-state index in [1.54, 1.807) is 0 Å². The summed E-state index contributed by atoms with van der Waals surface area (Å²) in [5.41, 5.74) is 7.44. The van der Waals surface area contributed by atoms with Gasteiger partial charge in [-0.2, -0.15) is 0 Å². The van der Waals surface area contributed by atoms with Gasteiger partial charge in [0.15, 0.2) is 0 Å². The van der Waals surface area contributed by atoms with Crippen LogP contribution in [0.1, 0.15) is 45.2 Å². The van der Waals surface area contributed by atoms with Crippen LogP contribution in [-0.2, 0) is 12.8 Å². The van der Waals surface area contributed by atoms with Crippen LogP contribution in [-0.4, -0.2) is 11.4 Å². The Labute approximate surface area is 140 Å². The van der Waals surface area contributed by atoms with E-state index in [2.05, 4.69) is 36.4 Å². The average molecular weight is 306 g/mol. The Balaban J connectivity index is 0.000000448. The van der Waals surface area contributed by atoms with E-state index in [1.807, 2.05) is 39.8 Å². The van der Waals surface area contributed by atoms with E-state index in [-0.39, 0.29) is 0 Å². The predicted octanol–water partition coefficient (Wildman–Crippen LogP) is 6.09. The molecular formula is C21H26N2. The fourth-order valence-electron chi connectivity index (χ4n) is 2.84. The molecule has 2 aromatic carbocycles. The van der Waals surface area contributed by atoms with Crippen LogP contribution in [0.15, 0.2) is 58.5 Å². The van der Waals surface area contributed by atoms with Crippen LogP contribution in [0.2, 0.25) is 0 Å². The molecule has 0 spiro atoms. The van der Waals surface area contributed by atoms with Crippen molar-refractivity contribution in [3.63, 3.8) is 0 Å². The molecule has 23 heavy (non-hydrogen) atoms. The van der Waals surface area contributed by atoms with Crippen molar-refractivity contribution in [1.29, 1.82) is 0 Å². The molecule has 120 valence electrons. The van der Waals surface area contributed by atoms with Crippen LogP contribution in [0.3, 0.4) is 0 Å². The van der Waals surface area contributed by atoms with Crippen LogP contribution < -0.4 is 0 Å². The normalized spacial score (nSPS) is 13.6. The Hall–Kier alpha value is -2.22. The summed E-state index contributed by atoms with van der Waals surface area (Å²) in [6, 6.07) is 16.8. The molecule has 0 saturated heterocycles. The van der Waals surface area contributed by atoms with Gasteiger partial charge < -0.3 is 0 Å². The minimum atomic E-state index is 0.906. The molecule has 0 bridgehead atoms. The van der Waals surface area contributed by atoms with Crippen molar-refractivity contribution in [2.24, 2.45) is 9.98 Å². The van der Waals surface area contributed by atoms with Crippen molar-refractivity contribution in [3.05, 3.63) is 59.7 Å². The van der Waals surface area contributed by atoms with Crippen LogP contribution >= 0.6 is 0 Å². The first-order valence-corrected chi connectivity index (χ1v) is 8.67. The molecule has 0 aromatic heterocycles. The minimum absolute atomic E-state index is 0.906. The van der Waals surface area contributed by atoms with Crippen LogP contribution in [0.5, 0.6) is 0 Å². The maximum Gasteiger partial charge on any atom is 0.0665 e. The molecule has 0 saturated carbocycles. The molecule has 0 N–H and O–H groups in total. The van der Waals surface area contributed by atoms with Gasteiger partial charge in [-0.25, -0.2) is 0 Å². The third-order valence-electron chi connectivity index (χ3n) is 3.74. The van der Waals surface area contributed by atoms with Crippen molar-refractivity contribution < 1.29 is 0 Å². The molecule has 4 rings (SSSR count). The zero-order valence-electron chi connectivity index (χ0n) is 14.6. The average Bonchev–Trinajstić information content (AvgIpc) is 3.21. The summed E-state index contributed by atoms with van der Waals surface area (Å²) >= 11 is 0. The lowest BCUT2D eigenvalue weighted by Crippen LogP contribution is -2.07. The van der Waals surface area contributed by atoms with Crippen LogP contribution in [0.25, 0.3) is 0 Å². The summed E-state index contributed by atoms with van der Waals surface area (Å²) in [7, 11) is 0. The van der Waals surface area contributed by atoms with E-state index in [1.165, 1.54) is 22.6 Å². The molecule has 0 fully saturated rings. The molecule has 2 aliphatic rings. The van der Waals surface area contributed by atoms with Gasteiger partial charge in [0.1, 0.15) is 0 Å². The molecule has 0 aliphatic carbocycles. The van der Waals surface area contributed by atoms with Crippen molar-refractivity contribution in [3.8, 4) is 0 Å². The van der Waals surface area contributed by atoms with Crippen molar-refractivity contribution in [2.75, 3.05) is 0 Å². The number of benzene rings is 2. The number of rotatable bonds is 2. The highest BCUT2D eigenvalue weighted by atomic mass is 14.8. The Kier molecular flexibility index (Phi) is 6.28. The van der Waals surface area contributed by atoms with Gasteiger partial charge in [0.2, 0.25) is 0 Å². The molecule has 0 amide bonds. The fraction of sp³-hybridized carbons (Fsp3) is 0.333. The van der Waals surface area contributed by atoms with E-state index in [4.69, 9.17) is 9.98 Å². The molecule has 2 nitrogen and oxygen atoms in total. The lowest BCUT2D eigenvalue weighted by molar-refractivity contribution is 1.30. The molecule has 2 aliphatic heterocycles. The zero-order chi connectivity index (χ0) is 16.7. The molecule has 2 heteroatoms. The fourth-order valence-corrected chi connectivity index (χ4v) is 2.84. The third-order valence-corrected chi connectivity index (χ3v) is 3.74. The van der Waals surface area contributed by atoms with Crippen LogP contribution in [0.4, 0.5) is 11.4 Å². The maximum absolute atomic E-state index is 4.71. The Bertz CT molecular complexity index is 650. The van der Waals surface area contributed by atoms with Gasteiger partial charge in [0.25, 0.3) is 0 Å². The van der Waals surface area contributed by atoms with E-state index in [0.29, 0.717) is 0 Å². The molecular weight excluding hydrogens is 280 g/mol. The molecule has 0 unspecified atom stereocenters. The summed E-state index contributed by atoms with van der Waals surface area (Å²) in [4.78, 5) is 9.43. The topological polar surface area (TPSA) is 24.7 Å². The quantitative estimate of drug-likeness (QED) is 0.641. The highest BCUT2D eigenvalue weighted by Crippen LogP contribution is 2.30. The number of hydrogen-bond acceptors (Lipinski definition) is 2. The third kappa shape index (κ3) is 3.95. The first kappa shape index (κ1) is 17.1. The zero-order valence-corrected chi connectivity index (χ0v) is 14.6. The molecule has 2 heterocycles. The van der Waals surface area contributed by atoms with Crippen molar-refractivity contribution >= 4 is 22.8 Å². The van der Waals surface area contributed by atoms with Gasteiger partial charge >= 0.3 is 0 Å². The van der Waals surface area contributed by atoms with Gasteiger partial charge in [0.05, 0.1) is 11.4 Å². The Morgan fingerprint density at radius 3 is 1.43 bits per heavy atom. The maximum atomic E-state index is 4.71. The second kappa shape index (κ2) is 8.42. The predicted molar refractivity (Wildman–Crippen MR) is 102 cm³/mol. The lowest BCUT2D eigenvalue weighted by Gasteiger charge is -1.99. The number of aliphatic imine (C=N–C) groups is 2. The minimum Gasteiger partial charge on any atom is -0.257 e. The summed E-state index contributed by atoms with van der Waals surface area (Å²) in [5.74, 6) is 0. The summed E-state index contributed by atoms with van der Waals surface area (Å²) in [6.45, 7) is 8.00. The lowest BCUT2D eigenvalue weighted by atomic mass is 10.0. The number of para-hydroxylation sites is 2. The largest absolute Gasteiger partial charge is 0.257 e. The first-order chi connectivity index (χ1) is 11.4. The monoisotopic (exact) mass is 306 g/mol. The summed E-state index contributed by atoms with van der Waals surface area (Å²) in [5, 5.41) is 0. The van der Waals surface area contributed by atoms with Gasteiger partial charge in [-0.1, -0.05) is 64.1 Å². The second-order valence-corrected chi connectivity index (χ2v) is 5.14. The van der Waals surface area contributed by atoms with Gasteiger partial charge in [-0.15, -0.1) is 0 Å². The highest BCUT2D eigenvalue weighted by molar-refractivity contribution is 6.10. The van der Waals surface area contributed by atoms with E-state index in [9.17, 15) is 0 Å². The Morgan fingerprint density at radius 1 is 0.652 bits per heavy atom. The second-order valence-electron chi connectivity index (χ2n) is 5.14. The first-order valence-electron chi connectivity index (χ1n) is 8.67. The summed E-state index contributed by atoms with van der Waals surface area (Å²) < 4.78 is 0. The Morgan fingerprint density at radius 2 is 1.04 bits per heavy atom. The molecule has 0 atom stereocenters. The van der Waals surface area contributed by atoms with Crippen molar-refractivity contribution in [2.45, 2.75) is 47.0 Å². The summed E-state index contributed by atoms with van der Waals surface area (Å²) in [6.07, 6.45) is 2.86. The van der Waals surface area contributed by atoms with Crippen LogP contribution in [0, 0.1) is 0 Å². The van der Waals surface area contributed by atoms with E-state index < -0.39 is 0 Å². The van der Waals surface area contributed by atoms with Gasteiger partial charge in [0, 0.05) is 30.7 Å². The van der Waals surface area contributed by atoms with E-state index >= 15 is 0 Å². The molecule has 2 aromatic rings.